The van der Waals surface area contributed by atoms with Crippen LogP contribution in [0.25, 0.3) is 0 Å². The molecule has 0 spiro atoms. The molecule has 0 aliphatic heterocycles. The topological polar surface area (TPSA) is 26.3 Å². The van der Waals surface area contributed by atoms with E-state index in [1.54, 1.807) is 6.47 Å². The molecular weight excluding hydrogens is 188 g/mol. The van der Waals surface area contributed by atoms with E-state index in [1.807, 2.05) is 0 Å². The fraction of sp³-hybridized carbons (Fsp3) is 0.923. The number of rotatable bonds is 7. The quantitative estimate of drug-likeness (QED) is 0.601. The van der Waals surface area contributed by atoms with Crippen LogP contribution in [0.3, 0.4) is 0 Å². The highest BCUT2D eigenvalue weighted by Crippen LogP contribution is 2.30. The van der Waals surface area contributed by atoms with E-state index in [1.165, 1.54) is 51.4 Å². The average Bonchev–Trinajstić information content (AvgIpc) is 2.27. The van der Waals surface area contributed by atoms with E-state index in [0.717, 1.165) is 6.42 Å². The van der Waals surface area contributed by atoms with Gasteiger partial charge in [0.1, 0.15) is 6.10 Å². The van der Waals surface area contributed by atoms with Gasteiger partial charge in [0.05, 0.1) is 0 Å². The van der Waals surface area contributed by atoms with Gasteiger partial charge in [0.2, 0.25) is 0 Å². The van der Waals surface area contributed by atoms with Gasteiger partial charge < -0.3 is 4.74 Å². The van der Waals surface area contributed by atoms with Crippen LogP contribution in [0.1, 0.15) is 64.7 Å². The molecule has 2 heteroatoms. The number of hydrogen-bond donors (Lipinski definition) is 0. The lowest BCUT2D eigenvalue weighted by molar-refractivity contribution is 0.0714. The molecule has 1 aliphatic rings. The van der Waals surface area contributed by atoms with Gasteiger partial charge in [-0.25, -0.2) is 4.79 Å². The van der Waals surface area contributed by atoms with E-state index in [0.29, 0.717) is 5.92 Å². The van der Waals surface area contributed by atoms with Gasteiger partial charge >= 0.3 is 6.47 Å². The Morgan fingerprint density at radius 3 is 2.73 bits per heavy atom. The molecule has 2 nitrogen and oxygen atoms in total. The minimum absolute atomic E-state index is 0.165. The number of hydrogen-bond acceptors (Lipinski definition) is 2. The normalized spacial score (nSPS) is 26.2. The SMILES string of the molecule is CCCCCCC1CCCCC1O[C]=O. The van der Waals surface area contributed by atoms with Gasteiger partial charge in [-0.05, 0) is 31.6 Å². The molecule has 2 atom stereocenters. The summed E-state index contributed by atoms with van der Waals surface area (Å²) in [6, 6.07) is 0. The third-order valence-corrected chi connectivity index (χ3v) is 3.47. The van der Waals surface area contributed by atoms with Crippen molar-refractivity contribution in [1.82, 2.24) is 0 Å². The van der Waals surface area contributed by atoms with E-state index >= 15 is 0 Å². The van der Waals surface area contributed by atoms with Crippen LogP contribution in [0.5, 0.6) is 0 Å². The smallest absolute Gasteiger partial charge is 0.417 e. The number of ether oxygens (including phenoxy) is 1. The highest BCUT2D eigenvalue weighted by molar-refractivity contribution is 5.38. The van der Waals surface area contributed by atoms with E-state index < -0.39 is 0 Å². The van der Waals surface area contributed by atoms with Gasteiger partial charge in [0.15, 0.2) is 0 Å². The molecule has 0 bridgehead atoms. The molecule has 0 aromatic heterocycles. The third-order valence-electron chi connectivity index (χ3n) is 3.47. The predicted octanol–water partition coefficient (Wildman–Crippen LogP) is 3.60. The van der Waals surface area contributed by atoms with Crippen molar-refractivity contribution in [2.75, 3.05) is 0 Å². The average molecular weight is 211 g/mol. The van der Waals surface area contributed by atoms with E-state index in [2.05, 4.69) is 6.92 Å². The lowest BCUT2D eigenvalue weighted by Crippen LogP contribution is -2.27. The highest BCUT2D eigenvalue weighted by atomic mass is 16.5. The standard InChI is InChI=1S/C13H23O2/c1-2-3-4-5-8-12-9-6-7-10-13(12)15-11-14/h12-13H,2-10H2,1H3. The molecule has 1 radical (unpaired) electrons. The Labute approximate surface area is 93.4 Å². The Morgan fingerprint density at radius 2 is 2.00 bits per heavy atom. The molecule has 0 N–H and O–H groups in total. The van der Waals surface area contributed by atoms with Gasteiger partial charge in [-0.1, -0.05) is 39.0 Å². The van der Waals surface area contributed by atoms with Crippen LogP contribution in [0.2, 0.25) is 0 Å². The lowest BCUT2D eigenvalue weighted by atomic mass is 9.83. The van der Waals surface area contributed by atoms with Crippen molar-refractivity contribution in [3.8, 4) is 0 Å². The second-order valence-corrected chi connectivity index (χ2v) is 4.63. The number of unbranched alkanes of at least 4 members (excludes halogenated alkanes) is 3. The Bertz CT molecular complexity index is 168. The minimum atomic E-state index is 0.165. The molecule has 15 heavy (non-hydrogen) atoms. The first kappa shape index (κ1) is 12.5. The first-order valence-electron chi connectivity index (χ1n) is 6.41. The summed E-state index contributed by atoms with van der Waals surface area (Å²) in [7, 11) is 0. The molecule has 1 rings (SSSR count). The molecule has 2 unspecified atom stereocenters. The maximum Gasteiger partial charge on any atom is 0.417 e. The predicted molar refractivity (Wildman–Crippen MR) is 61.3 cm³/mol. The Morgan fingerprint density at radius 1 is 1.20 bits per heavy atom. The van der Waals surface area contributed by atoms with Crippen LogP contribution >= 0.6 is 0 Å². The molecule has 87 valence electrons. The summed E-state index contributed by atoms with van der Waals surface area (Å²) in [6.07, 6.45) is 11.4. The molecular formula is C13H23O2. The zero-order valence-corrected chi connectivity index (χ0v) is 9.84. The van der Waals surface area contributed by atoms with Crippen LogP contribution in [-0.4, -0.2) is 12.6 Å². The summed E-state index contributed by atoms with van der Waals surface area (Å²) in [5, 5.41) is 0. The van der Waals surface area contributed by atoms with Gasteiger partial charge in [-0.3, -0.25) is 0 Å². The van der Waals surface area contributed by atoms with Crippen LogP contribution in [0.4, 0.5) is 0 Å². The van der Waals surface area contributed by atoms with Gasteiger partial charge in [-0.15, -0.1) is 0 Å². The van der Waals surface area contributed by atoms with Crippen LogP contribution in [0, 0.1) is 5.92 Å². The van der Waals surface area contributed by atoms with Crippen LogP contribution in [0.15, 0.2) is 0 Å². The zero-order valence-electron chi connectivity index (χ0n) is 9.84. The van der Waals surface area contributed by atoms with Crippen LogP contribution in [-0.2, 0) is 9.53 Å². The lowest BCUT2D eigenvalue weighted by Gasteiger charge is -2.29. The minimum Gasteiger partial charge on any atom is -0.454 e. The molecule has 0 saturated heterocycles. The van der Waals surface area contributed by atoms with E-state index in [-0.39, 0.29) is 6.10 Å². The zero-order chi connectivity index (χ0) is 10.9. The van der Waals surface area contributed by atoms with Gasteiger partial charge in [-0.2, -0.15) is 0 Å². The summed E-state index contributed by atoms with van der Waals surface area (Å²) in [5.74, 6) is 0.608. The van der Waals surface area contributed by atoms with Crippen molar-refractivity contribution in [2.45, 2.75) is 70.8 Å². The summed E-state index contributed by atoms with van der Waals surface area (Å²) >= 11 is 0. The second kappa shape index (κ2) is 7.72. The summed E-state index contributed by atoms with van der Waals surface area (Å²) in [4.78, 5) is 10.2. The maximum absolute atomic E-state index is 10.2. The Kier molecular flexibility index (Phi) is 6.45. The van der Waals surface area contributed by atoms with Crippen LogP contribution < -0.4 is 0 Å². The Hall–Kier alpha value is -0.530. The third kappa shape index (κ3) is 4.67. The van der Waals surface area contributed by atoms with Crippen molar-refractivity contribution >= 4 is 6.47 Å². The van der Waals surface area contributed by atoms with Crippen molar-refractivity contribution in [2.24, 2.45) is 5.92 Å². The van der Waals surface area contributed by atoms with Crippen molar-refractivity contribution in [1.29, 1.82) is 0 Å². The van der Waals surface area contributed by atoms with Crippen molar-refractivity contribution in [3.63, 3.8) is 0 Å². The monoisotopic (exact) mass is 211 g/mol. The van der Waals surface area contributed by atoms with E-state index in [9.17, 15) is 4.79 Å². The maximum atomic E-state index is 10.2. The summed E-state index contributed by atoms with van der Waals surface area (Å²) in [6.45, 7) is 3.85. The van der Waals surface area contributed by atoms with Gasteiger partial charge in [0.25, 0.3) is 0 Å². The second-order valence-electron chi connectivity index (χ2n) is 4.63. The highest BCUT2D eigenvalue weighted by Gasteiger charge is 2.25. The first-order chi connectivity index (χ1) is 7.38. The molecule has 1 saturated carbocycles. The van der Waals surface area contributed by atoms with E-state index in [4.69, 9.17) is 4.74 Å². The molecule has 1 fully saturated rings. The summed E-state index contributed by atoms with van der Waals surface area (Å²) < 4.78 is 5.05. The van der Waals surface area contributed by atoms with Crippen molar-refractivity contribution in [3.05, 3.63) is 0 Å². The van der Waals surface area contributed by atoms with Gasteiger partial charge in [0, 0.05) is 0 Å². The Balaban J connectivity index is 2.20. The molecule has 0 aromatic rings. The molecule has 0 heterocycles. The largest absolute Gasteiger partial charge is 0.454 e. The summed E-state index contributed by atoms with van der Waals surface area (Å²) in [5.41, 5.74) is 0. The number of carbonyl (C=O) groups excluding carboxylic acids is 1. The fourth-order valence-corrected chi connectivity index (χ4v) is 2.55. The fourth-order valence-electron chi connectivity index (χ4n) is 2.55. The molecule has 0 amide bonds. The first-order valence-corrected chi connectivity index (χ1v) is 6.41. The molecule has 0 aromatic carbocycles. The van der Waals surface area contributed by atoms with Crippen molar-refractivity contribution < 1.29 is 9.53 Å². The molecule has 1 aliphatic carbocycles.